The molecule has 9 nitrogen and oxygen atoms in total. The number of carboxylic acids is 2. The number of aliphatic carboxylic acids is 2. The van der Waals surface area contributed by atoms with E-state index < -0.39 is 62.7 Å². The Hall–Kier alpha value is -2.14. The van der Waals surface area contributed by atoms with Crippen molar-refractivity contribution in [3.05, 3.63) is 22.5 Å². The molecule has 0 radical (unpaired) electrons. The summed E-state index contributed by atoms with van der Waals surface area (Å²) in [5.41, 5.74) is 0.0831. The number of β-lactam (4-membered cyclic amide) rings is 1. The molecule has 0 aliphatic carbocycles. The molecule has 26 heavy (non-hydrogen) atoms. The summed E-state index contributed by atoms with van der Waals surface area (Å²) in [4.78, 5) is 48.9. The van der Waals surface area contributed by atoms with Crippen LogP contribution in [0, 0.1) is 5.92 Å². The fourth-order valence-electron chi connectivity index (χ4n) is 3.31. The number of carbonyl (C=O) groups is 4. The molecule has 0 saturated carbocycles. The van der Waals surface area contributed by atoms with Crippen molar-refractivity contribution in [1.82, 2.24) is 10.2 Å². The van der Waals surface area contributed by atoms with Crippen LogP contribution in [0.15, 0.2) is 22.5 Å². The van der Waals surface area contributed by atoms with Crippen molar-refractivity contribution < 1.29 is 33.6 Å². The van der Waals surface area contributed by atoms with Gasteiger partial charge in [-0.3, -0.25) is 18.6 Å². The van der Waals surface area contributed by atoms with Gasteiger partial charge in [0.15, 0.2) is 5.92 Å². The minimum Gasteiger partial charge on any atom is -0.480 e. The summed E-state index contributed by atoms with van der Waals surface area (Å²) >= 11 is 1.25. The van der Waals surface area contributed by atoms with Crippen molar-refractivity contribution in [3.63, 3.8) is 0 Å². The molecular weight excluding hydrogens is 384 g/mol. The summed E-state index contributed by atoms with van der Waals surface area (Å²) in [5.74, 6) is -5.60. The number of hydrogen-bond donors (Lipinski definition) is 3. The van der Waals surface area contributed by atoms with E-state index in [0.717, 1.165) is 0 Å². The van der Waals surface area contributed by atoms with Crippen LogP contribution in [0.3, 0.4) is 0 Å². The van der Waals surface area contributed by atoms with E-state index in [1.54, 1.807) is 13.8 Å². The average Bonchev–Trinajstić information content (AvgIpc) is 3.03. The van der Waals surface area contributed by atoms with Crippen LogP contribution in [0.1, 0.15) is 13.8 Å². The van der Waals surface area contributed by atoms with Crippen molar-refractivity contribution in [2.24, 2.45) is 5.92 Å². The van der Waals surface area contributed by atoms with Crippen molar-refractivity contribution in [3.8, 4) is 0 Å². The molecule has 3 heterocycles. The van der Waals surface area contributed by atoms with Crippen LogP contribution >= 0.6 is 11.8 Å². The maximum atomic E-state index is 12.4. The maximum Gasteiger partial charge on any atom is 0.327 e. The highest BCUT2D eigenvalue weighted by molar-refractivity contribution is 8.01. The first kappa shape index (κ1) is 18.6. The number of hydrogen-bond acceptors (Lipinski definition) is 6. The van der Waals surface area contributed by atoms with Gasteiger partial charge >= 0.3 is 11.9 Å². The molecule has 0 aromatic rings. The van der Waals surface area contributed by atoms with Gasteiger partial charge in [-0.05, 0) is 25.5 Å². The van der Waals surface area contributed by atoms with Gasteiger partial charge in [-0.25, -0.2) is 4.79 Å². The molecular formula is C15H16N2O7S2. The SMILES string of the molecule is CC1(C)S[C@@H]2[C@H](NC(=O)[C@H](C(=O)O)C3=CS(=O)C=C3)C(=O)N2[C@H]1C(=O)O. The van der Waals surface area contributed by atoms with E-state index in [9.17, 15) is 33.6 Å². The third kappa shape index (κ3) is 2.84. The van der Waals surface area contributed by atoms with Crippen LogP contribution in [-0.2, 0) is 30.0 Å². The minimum absolute atomic E-state index is 0.0831. The number of rotatable bonds is 5. The molecule has 140 valence electrons. The standard InChI is InChI=1S/C15H16N2O7S2/c1-15(2)9(14(22)23)17-11(19)8(12(17)25-15)16-10(18)7(13(20)21)6-3-4-26(24)5-6/h3-5,7-9,12H,1-2H3,(H,16,18)(H,20,21)(H,22,23)/t7-,8-,9+,12-,26?/m1/s1. The zero-order valence-electron chi connectivity index (χ0n) is 13.7. The number of carbonyl (C=O) groups excluding carboxylic acids is 2. The molecule has 0 bridgehead atoms. The summed E-state index contributed by atoms with van der Waals surface area (Å²) in [5, 5.41) is 23.0. The Balaban J connectivity index is 1.77. The molecule has 3 aliphatic rings. The van der Waals surface area contributed by atoms with E-state index in [-0.39, 0.29) is 5.57 Å². The van der Waals surface area contributed by atoms with Gasteiger partial charge in [0.2, 0.25) is 11.8 Å². The average molecular weight is 400 g/mol. The second-order valence-electron chi connectivity index (χ2n) is 6.60. The maximum absolute atomic E-state index is 12.4. The number of fused-ring (bicyclic) bond motifs is 1. The van der Waals surface area contributed by atoms with Crippen LogP contribution in [0.25, 0.3) is 0 Å². The number of carboxylic acid groups (broad SMARTS) is 2. The molecule has 0 aromatic carbocycles. The number of amides is 2. The second-order valence-corrected chi connectivity index (χ2v) is 9.54. The van der Waals surface area contributed by atoms with E-state index in [2.05, 4.69) is 5.32 Å². The fourth-order valence-corrected chi connectivity index (χ4v) is 5.79. The monoisotopic (exact) mass is 400 g/mol. The third-order valence-corrected chi connectivity index (χ3v) is 6.94. The molecule has 3 N–H and O–H groups in total. The lowest BCUT2D eigenvalue weighted by molar-refractivity contribution is -0.161. The first-order chi connectivity index (χ1) is 12.0. The number of allylic oxidation sites excluding steroid dienone is 1. The molecule has 2 amide bonds. The Morgan fingerprint density at radius 3 is 2.50 bits per heavy atom. The highest BCUT2D eigenvalue weighted by Crippen LogP contribution is 2.50. The predicted octanol–water partition coefficient (Wildman–Crippen LogP) is -0.521. The van der Waals surface area contributed by atoms with Gasteiger partial charge in [0.05, 0.1) is 10.8 Å². The van der Waals surface area contributed by atoms with E-state index in [1.807, 2.05) is 0 Å². The van der Waals surface area contributed by atoms with E-state index in [4.69, 9.17) is 0 Å². The number of nitrogens with one attached hydrogen (secondary N) is 1. The fraction of sp³-hybridized carbons (Fsp3) is 0.467. The second kappa shape index (κ2) is 6.23. The summed E-state index contributed by atoms with van der Waals surface area (Å²) < 4.78 is 10.6. The van der Waals surface area contributed by atoms with Gasteiger partial charge in [0.25, 0.3) is 0 Å². The molecule has 3 aliphatic heterocycles. The smallest absolute Gasteiger partial charge is 0.327 e. The van der Waals surface area contributed by atoms with Crippen LogP contribution in [-0.4, -0.2) is 65.3 Å². The lowest BCUT2D eigenvalue weighted by Gasteiger charge is -2.43. The molecule has 0 aromatic heterocycles. The summed E-state index contributed by atoms with van der Waals surface area (Å²) in [7, 11) is -1.47. The van der Waals surface area contributed by atoms with Crippen LogP contribution < -0.4 is 5.32 Å². The van der Waals surface area contributed by atoms with Crippen molar-refractivity contribution in [1.29, 1.82) is 0 Å². The minimum atomic E-state index is -1.59. The van der Waals surface area contributed by atoms with Crippen molar-refractivity contribution in [2.75, 3.05) is 0 Å². The highest BCUT2D eigenvalue weighted by atomic mass is 32.2. The molecule has 3 rings (SSSR count). The van der Waals surface area contributed by atoms with E-state index >= 15 is 0 Å². The molecule has 11 heteroatoms. The highest BCUT2D eigenvalue weighted by Gasteiger charge is 2.64. The van der Waals surface area contributed by atoms with Crippen LogP contribution in [0.4, 0.5) is 0 Å². The van der Waals surface area contributed by atoms with Gasteiger partial charge in [0, 0.05) is 15.6 Å². The Bertz CT molecular complexity index is 804. The Morgan fingerprint density at radius 2 is 2.00 bits per heavy atom. The van der Waals surface area contributed by atoms with Crippen LogP contribution in [0.2, 0.25) is 0 Å². The first-order valence-electron chi connectivity index (χ1n) is 7.60. The zero-order valence-corrected chi connectivity index (χ0v) is 15.4. The molecule has 2 saturated heterocycles. The quantitative estimate of drug-likeness (QED) is 0.413. The van der Waals surface area contributed by atoms with Gasteiger partial charge in [-0.15, -0.1) is 11.8 Å². The normalized spacial score (nSPS) is 32.5. The summed E-state index contributed by atoms with van der Waals surface area (Å²) in [6.45, 7) is 3.40. The summed E-state index contributed by atoms with van der Waals surface area (Å²) in [6, 6.07) is -2.01. The molecule has 0 spiro atoms. The van der Waals surface area contributed by atoms with E-state index in [1.165, 1.54) is 33.6 Å². The van der Waals surface area contributed by atoms with Gasteiger partial charge < -0.3 is 20.4 Å². The topological polar surface area (TPSA) is 141 Å². The Morgan fingerprint density at radius 1 is 1.35 bits per heavy atom. The predicted molar refractivity (Wildman–Crippen MR) is 92.1 cm³/mol. The first-order valence-corrected chi connectivity index (χ1v) is 9.75. The largest absolute Gasteiger partial charge is 0.480 e. The molecule has 2 fully saturated rings. The lowest BCUT2D eigenvalue weighted by atomic mass is 9.94. The van der Waals surface area contributed by atoms with Crippen molar-refractivity contribution >= 4 is 46.3 Å². The number of thioether (sulfide) groups is 1. The number of nitrogens with zero attached hydrogens (tertiary/aromatic N) is 1. The molecule has 1 unspecified atom stereocenters. The van der Waals surface area contributed by atoms with Crippen molar-refractivity contribution in [2.45, 2.75) is 36.1 Å². The third-order valence-electron chi connectivity index (χ3n) is 4.46. The van der Waals surface area contributed by atoms with E-state index in [0.29, 0.717) is 0 Å². The lowest BCUT2D eigenvalue weighted by Crippen LogP contribution is -2.71. The van der Waals surface area contributed by atoms with Gasteiger partial charge in [-0.1, -0.05) is 0 Å². The Kier molecular flexibility index (Phi) is 4.47. The zero-order chi connectivity index (χ0) is 19.4. The summed E-state index contributed by atoms with van der Waals surface area (Å²) in [6.07, 6.45) is 1.30. The van der Waals surface area contributed by atoms with Gasteiger partial charge in [0.1, 0.15) is 17.5 Å². The van der Waals surface area contributed by atoms with Gasteiger partial charge in [-0.2, -0.15) is 0 Å². The van der Waals surface area contributed by atoms with Crippen LogP contribution in [0.5, 0.6) is 0 Å². The Labute approximate surface area is 154 Å². The molecule has 5 atom stereocenters.